The van der Waals surface area contributed by atoms with Crippen LogP contribution in [0, 0.1) is 12.3 Å². The van der Waals surface area contributed by atoms with E-state index in [0.717, 1.165) is 17.1 Å². The fourth-order valence-electron chi connectivity index (χ4n) is 4.95. The molecule has 0 spiro atoms. The number of halogens is 1. The number of nitrogens with one attached hydrogen (secondary N) is 2. The average molecular weight is 533 g/mol. The third kappa shape index (κ3) is 3.95. The summed E-state index contributed by atoms with van der Waals surface area (Å²) in [7, 11) is -5.23. The third-order valence-corrected chi connectivity index (χ3v) is 7.05. The predicted molar refractivity (Wildman–Crippen MR) is 142 cm³/mol. The standard InChI is InChI=1S/C27H21FN4O5S/c1-3-15-5-6-19-22(7-15)31-27-25(19)26(33)21-10-24(36-4-2)20(9-23(21)32(27)17-12-30-13-17)16-8-18(14-29-11-16)37-38(28,34)35/h1,5-11,14,17,30-31H,4,12-13H2,2H3. The molecule has 192 valence electrons. The van der Waals surface area contributed by atoms with Crippen LogP contribution >= 0.6 is 0 Å². The number of fused-ring (bicyclic) bond motifs is 4. The van der Waals surface area contributed by atoms with E-state index in [9.17, 15) is 17.1 Å². The van der Waals surface area contributed by atoms with Crippen molar-refractivity contribution in [3.8, 4) is 35.0 Å². The Kier molecular flexibility index (Phi) is 5.59. The first-order chi connectivity index (χ1) is 18.3. The van der Waals surface area contributed by atoms with Gasteiger partial charge < -0.3 is 23.8 Å². The fraction of sp³-hybridized carbons (Fsp3) is 0.185. The molecular weight excluding hydrogens is 511 g/mol. The van der Waals surface area contributed by atoms with Crippen LogP contribution in [0.3, 0.4) is 0 Å². The first-order valence-corrected chi connectivity index (χ1v) is 13.2. The lowest BCUT2D eigenvalue weighted by molar-refractivity contribution is 0.341. The summed E-state index contributed by atoms with van der Waals surface area (Å²) in [5.74, 6) is 2.73. The highest BCUT2D eigenvalue weighted by Crippen LogP contribution is 2.38. The van der Waals surface area contributed by atoms with E-state index in [1.807, 2.05) is 31.2 Å². The first-order valence-electron chi connectivity index (χ1n) is 11.8. The number of H-pyrrole nitrogens is 1. The maximum absolute atomic E-state index is 13.9. The molecule has 2 N–H and O–H groups in total. The largest absolute Gasteiger partial charge is 0.493 e. The smallest absolute Gasteiger partial charge is 0.488 e. The van der Waals surface area contributed by atoms with Crippen molar-refractivity contribution in [2.24, 2.45) is 0 Å². The molecule has 3 aromatic heterocycles. The molecule has 1 saturated heterocycles. The molecule has 0 saturated carbocycles. The summed E-state index contributed by atoms with van der Waals surface area (Å²) >= 11 is 0. The fourth-order valence-corrected chi connectivity index (χ4v) is 5.27. The van der Waals surface area contributed by atoms with Gasteiger partial charge in [0.15, 0.2) is 11.2 Å². The highest BCUT2D eigenvalue weighted by molar-refractivity contribution is 7.81. The van der Waals surface area contributed by atoms with Gasteiger partial charge in [0.05, 0.1) is 35.1 Å². The zero-order valence-electron chi connectivity index (χ0n) is 20.1. The van der Waals surface area contributed by atoms with Gasteiger partial charge in [0.1, 0.15) is 11.4 Å². The summed E-state index contributed by atoms with van der Waals surface area (Å²) in [6.45, 7) is 3.54. The first kappa shape index (κ1) is 24.0. The van der Waals surface area contributed by atoms with Crippen molar-refractivity contribution in [1.29, 1.82) is 0 Å². The van der Waals surface area contributed by atoms with Crippen LogP contribution in [0.1, 0.15) is 18.5 Å². The van der Waals surface area contributed by atoms with Crippen molar-refractivity contribution >= 4 is 43.3 Å². The number of terminal acetylenes is 1. The Morgan fingerprint density at radius 1 is 1.18 bits per heavy atom. The zero-order valence-corrected chi connectivity index (χ0v) is 20.9. The lowest BCUT2D eigenvalue weighted by atomic mass is 10.0. The Labute approximate surface area is 216 Å². The van der Waals surface area contributed by atoms with E-state index in [-0.39, 0.29) is 17.2 Å². The molecule has 4 heterocycles. The summed E-state index contributed by atoms with van der Waals surface area (Å²) in [4.78, 5) is 21.3. The van der Waals surface area contributed by atoms with Gasteiger partial charge in [-0.05, 0) is 37.3 Å². The Morgan fingerprint density at radius 2 is 2.00 bits per heavy atom. The molecule has 5 aromatic rings. The van der Waals surface area contributed by atoms with E-state index in [1.54, 1.807) is 6.07 Å². The minimum Gasteiger partial charge on any atom is -0.493 e. The van der Waals surface area contributed by atoms with Gasteiger partial charge in [0, 0.05) is 46.9 Å². The van der Waals surface area contributed by atoms with Gasteiger partial charge in [-0.15, -0.1) is 6.42 Å². The van der Waals surface area contributed by atoms with E-state index < -0.39 is 10.5 Å². The van der Waals surface area contributed by atoms with Gasteiger partial charge in [-0.25, -0.2) is 0 Å². The van der Waals surface area contributed by atoms with Crippen molar-refractivity contribution in [3.63, 3.8) is 0 Å². The Bertz CT molecular complexity index is 1970. The molecule has 9 nitrogen and oxygen atoms in total. The van der Waals surface area contributed by atoms with E-state index >= 15 is 0 Å². The van der Waals surface area contributed by atoms with Crippen molar-refractivity contribution in [2.45, 2.75) is 13.0 Å². The zero-order chi connectivity index (χ0) is 26.6. The molecule has 6 rings (SSSR count). The van der Waals surface area contributed by atoms with Crippen LogP contribution in [0.2, 0.25) is 0 Å². The van der Waals surface area contributed by atoms with Crippen LogP contribution < -0.4 is 19.7 Å². The van der Waals surface area contributed by atoms with Gasteiger partial charge in [0.2, 0.25) is 0 Å². The van der Waals surface area contributed by atoms with Gasteiger partial charge in [-0.1, -0.05) is 15.9 Å². The van der Waals surface area contributed by atoms with Gasteiger partial charge >= 0.3 is 10.5 Å². The molecule has 0 amide bonds. The maximum atomic E-state index is 13.9. The normalized spacial score (nSPS) is 14.0. The molecular formula is C27H21FN4O5S. The van der Waals surface area contributed by atoms with Crippen molar-refractivity contribution < 1.29 is 21.2 Å². The summed E-state index contributed by atoms with van der Waals surface area (Å²) in [5, 5.41) is 5.08. The number of benzene rings is 2. The Morgan fingerprint density at radius 3 is 2.68 bits per heavy atom. The molecule has 0 atom stereocenters. The minimum absolute atomic E-state index is 0.0658. The monoisotopic (exact) mass is 532 g/mol. The maximum Gasteiger partial charge on any atom is 0.488 e. The number of ether oxygens (including phenoxy) is 1. The molecule has 1 aliphatic rings. The quantitative estimate of drug-likeness (QED) is 0.252. The van der Waals surface area contributed by atoms with Crippen molar-refractivity contribution in [1.82, 2.24) is 19.9 Å². The lowest BCUT2D eigenvalue weighted by Crippen LogP contribution is -2.44. The van der Waals surface area contributed by atoms with Crippen molar-refractivity contribution in [2.75, 3.05) is 19.7 Å². The van der Waals surface area contributed by atoms with E-state index in [0.29, 0.717) is 64.1 Å². The number of hydrogen-bond acceptors (Lipinski definition) is 7. The molecule has 0 bridgehead atoms. The van der Waals surface area contributed by atoms with Gasteiger partial charge in [-0.3, -0.25) is 9.78 Å². The summed E-state index contributed by atoms with van der Waals surface area (Å²) < 4.78 is 47.6. The molecule has 1 aliphatic heterocycles. The average Bonchev–Trinajstić information content (AvgIpc) is 3.23. The third-order valence-electron chi connectivity index (χ3n) is 6.66. The lowest BCUT2D eigenvalue weighted by Gasteiger charge is -2.32. The summed E-state index contributed by atoms with van der Waals surface area (Å²) in [6, 6.07) is 10.4. The second kappa shape index (κ2) is 8.86. The van der Waals surface area contributed by atoms with Crippen LogP contribution in [0.5, 0.6) is 11.5 Å². The Balaban J connectivity index is 1.69. The topological polar surface area (TPSA) is 115 Å². The molecule has 0 aliphatic carbocycles. The van der Waals surface area contributed by atoms with Crippen LogP contribution in [-0.4, -0.2) is 42.6 Å². The molecule has 0 radical (unpaired) electrons. The number of aromatic nitrogens is 3. The molecule has 11 heteroatoms. The number of rotatable bonds is 6. The molecule has 0 unspecified atom stereocenters. The van der Waals surface area contributed by atoms with Crippen LogP contribution in [0.15, 0.2) is 53.6 Å². The highest BCUT2D eigenvalue weighted by atomic mass is 32.3. The van der Waals surface area contributed by atoms with Crippen LogP contribution in [0.25, 0.3) is 44.0 Å². The number of nitrogens with zero attached hydrogens (tertiary/aromatic N) is 2. The van der Waals surface area contributed by atoms with Crippen LogP contribution in [0.4, 0.5) is 3.89 Å². The number of hydrogen-bond donors (Lipinski definition) is 2. The number of aromatic amines is 1. The van der Waals surface area contributed by atoms with Crippen LogP contribution in [-0.2, 0) is 10.5 Å². The van der Waals surface area contributed by atoms with E-state index in [4.69, 9.17) is 11.2 Å². The second-order valence-electron chi connectivity index (χ2n) is 8.95. The molecule has 1 fully saturated rings. The highest BCUT2D eigenvalue weighted by Gasteiger charge is 2.26. The van der Waals surface area contributed by atoms with Crippen molar-refractivity contribution in [3.05, 3.63) is 64.6 Å². The Hall–Kier alpha value is -4.40. The van der Waals surface area contributed by atoms with Gasteiger partial charge in [-0.2, -0.15) is 8.42 Å². The van der Waals surface area contributed by atoms with E-state index in [1.165, 1.54) is 12.3 Å². The number of pyridine rings is 2. The molecule has 38 heavy (non-hydrogen) atoms. The molecule has 2 aromatic carbocycles. The predicted octanol–water partition coefficient (Wildman–Crippen LogP) is 3.82. The SMILES string of the molecule is C#Cc1ccc2c(c1)[nH]c1c2c(=O)c2cc(OCC)c(-c3cncc(OS(=O)(=O)F)c3)cc2n1C1CNC1. The minimum atomic E-state index is -5.23. The van der Waals surface area contributed by atoms with E-state index in [2.05, 4.69) is 30.0 Å². The second-order valence-corrected chi connectivity index (χ2v) is 9.90. The summed E-state index contributed by atoms with van der Waals surface area (Å²) in [6.07, 6.45) is 8.17. The summed E-state index contributed by atoms with van der Waals surface area (Å²) in [5.41, 5.74) is 3.59. The van der Waals surface area contributed by atoms with Gasteiger partial charge in [0.25, 0.3) is 0 Å².